The third-order valence-electron chi connectivity index (χ3n) is 3.70. The van der Waals surface area contributed by atoms with Gasteiger partial charge in [-0.2, -0.15) is 0 Å². The van der Waals surface area contributed by atoms with Crippen LogP contribution < -0.4 is 11.5 Å². The summed E-state index contributed by atoms with van der Waals surface area (Å²) in [6.45, 7) is 14.2. The molecule has 0 aromatic heterocycles. The fraction of sp³-hybridized carbons (Fsp3) is 0.846. The molecule has 0 aliphatic rings. The Labute approximate surface area is 116 Å². The van der Waals surface area contributed by atoms with Crippen molar-refractivity contribution < 1.29 is 19.2 Å². The number of nitrogens with zero attached hydrogens (tertiary/aromatic N) is 1. The lowest BCUT2D eigenvalue weighted by Crippen LogP contribution is -2.47. The molecule has 0 saturated carbocycles. The molecule has 1 atom stereocenters. The Bertz CT molecular complexity index is 248. The summed E-state index contributed by atoms with van der Waals surface area (Å²) in [4.78, 5) is 20.1. The number of primary amides is 1. The first kappa shape index (κ1) is 20.2. The second-order valence-corrected chi connectivity index (χ2v) is 4.56. The van der Waals surface area contributed by atoms with Gasteiger partial charge in [-0.05, 0) is 34.1 Å². The van der Waals surface area contributed by atoms with Gasteiger partial charge in [0, 0.05) is 6.42 Å². The monoisotopic (exact) mass is 276 g/mol. The van der Waals surface area contributed by atoms with Crippen LogP contribution in [0.15, 0.2) is 0 Å². The molecule has 0 spiro atoms. The fourth-order valence-corrected chi connectivity index (χ4v) is 1.76. The van der Waals surface area contributed by atoms with Crippen molar-refractivity contribution in [1.82, 2.24) is 0 Å². The van der Waals surface area contributed by atoms with Crippen molar-refractivity contribution in [1.29, 1.82) is 0 Å². The topological polar surface area (TPSA) is 106 Å². The molecule has 0 saturated heterocycles. The zero-order chi connectivity index (χ0) is 15.5. The lowest BCUT2D eigenvalue weighted by Gasteiger charge is -2.34. The number of nitrogens with two attached hydrogens (primary N) is 2. The number of carboxylic acids is 1. The highest BCUT2D eigenvalue weighted by atomic mass is 16.4. The zero-order valence-electron chi connectivity index (χ0n) is 12.7. The summed E-state index contributed by atoms with van der Waals surface area (Å²) in [6.07, 6.45) is 0.123. The van der Waals surface area contributed by atoms with E-state index in [2.05, 4.69) is 27.7 Å². The van der Waals surface area contributed by atoms with Crippen LogP contribution in [0, 0.1) is 0 Å². The highest BCUT2D eigenvalue weighted by molar-refractivity contribution is 5.76. The van der Waals surface area contributed by atoms with E-state index in [0.29, 0.717) is 0 Å². The molecular formula is C13H30N3O3+. The van der Waals surface area contributed by atoms with E-state index in [1.807, 2.05) is 0 Å². The quantitative estimate of drug-likeness (QED) is 0.563. The standard InChI is InChI=1S/C8H20N.C5H10N2O3/c1-5-9(6-2,7-3)8-4;6-3(5(9)10)1-2-4(7)8/h5-8H2,1-4H3;3H,1-2,6H2,(H2,7,8)(H,9,10)/q+1;. The first-order valence-electron chi connectivity index (χ1n) is 6.90. The molecule has 6 heteroatoms. The van der Waals surface area contributed by atoms with Crippen molar-refractivity contribution in [3.8, 4) is 0 Å². The largest absolute Gasteiger partial charge is 0.480 e. The normalized spacial score (nSPS) is 12.3. The molecule has 1 amide bonds. The van der Waals surface area contributed by atoms with Crippen LogP contribution >= 0.6 is 0 Å². The van der Waals surface area contributed by atoms with Crippen molar-refractivity contribution in [2.45, 2.75) is 46.6 Å². The van der Waals surface area contributed by atoms with E-state index < -0.39 is 17.9 Å². The molecule has 0 aliphatic heterocycles. The van der Waals surface area contributed by atoms with Crippen LogP contribution in [0.1, 0.15) is 40.5 Å². The lowest BCUT2D eigenvalue weighted by atomic mass is 10.2. The lowest BCUT2D eigenvalue weighted by molar-refractivity contribution is -0.921. The van der Waals surface area contributed by atoms with Gasteiger partial charge in [0.15, 0.2) is 0 Å². The number of rotatable bonds is 8. The highest BCUT2D eigenvalue weighted by Gasteiger charge is 2.16. The Morgan fingerprint density at radius 2 is 1.42 bits per heavy atom. The maximum absolute atomic E-state index is 10.1. The predicted octanol–water partition coefficient (Wildman–Crippen LogP) is 0.547. The Morgan fingerprint density at radius 3 is 1.58 bits per heavy atom. The number of hydrogen-bond donors (Lipinski definition) is 3. The minimum Gasteiger partial charge on any atom is -0.480 e. The van der Waals surface area contributed by atoms with Crippen molar-refractivity contribution in [2.24, 2.45) is 11.5 Å². The third kappa shape index (κ3) is 9.44. The van der Waals surface area contributed by atoms with Gasteiger partial charge in [0.05, 0.1) is 26.2 Å². The molecule has 0 aromatic carbocycles. The molecule has 0 heterocycles. The van der Waals surface area contributed by atoms with Crippen LogP contribution in [0.25, 0.3) is 0 Å². The van der Waals surface area contributed by atoms with E-state index in [1.165, 1.54) is 30.7 Å². The van der Waals surface area contributed by atoms with E-state index in [9.17, 15) is 9.59 Å². The van der Waals surface area contributed by atoms with E-state index in [0.717, 1.165) is 0 Å². The first-order chi connectivity index (χ1) is 8.78. The Hall–Kier alpha value is -1.14. The number of carbonyl (C=O) groups is 2. The number of amides is 1. The summed E-state index contributed by atoms with van der Waals surface area (Å²) >= 11 is 0. The molecule has 0 aromatic rings. The molecule has 0 rings (SSSR count). The Kier molecular flexibility index (Phi) is 11.4. The Morgan fingerprint density at radius 1 is 1.05 bits per heavy atom. The molecule has 19 heavy (non-hydrogen) atoms. The number of carbonyl (C=O) groups excluding carboxylic acids is 1. The highest BCUT2D eigenvalue weighted by Crippen LogP contribution is 2.03. The van der Waals surface area contributed by atoms with Gasteiger partial charge >= 0.3 is 5.97 Å². The molecule has 0 aliphatic carbocycles. The smallest absolute Gasteiger partial charge is 0.320 e. The fourth-order valence-electron chi connectivity index (χ4n) is 1.76. The summed E-state index contributed by atoms with van der Waals surface area (Å²) < 4.78 is 1.28. The second kappa shape index (κ2) is 10.8. The van der Waals surface area contributed by atoms with E-state index >= 15 is 0 Å². The first-order valence-corrected chi connectivity index (χ1v) is 6.90. The average molecular weight is 276 g/mol. The van der Waals surface area contributed by atoms with Crippen molar-refractivity contribution in [3.05, 3.63) is 0 Å². The van der Waals surface area contributed by atoms with Crippen molar-refractivity contribution >= 4 is 11.9 Å². The minimum absolute atomic E-state index is 0.0213. The predicted molar refractivity (Wildman–Crippen MR) is 76.5 cm³/mol. The maximum atomic E-state index is 10.1. The van der Waals surface area contributed by atoms with Gasteiger partial charge in [-0.25, -0.2) is 0 Å². The van der Waals surface area contributed by atoms with Gasteiger partial charge in [0.25, 0.3) is 0 Å². The molecular weight excluding hydrogens is 246 g/mol. The molecule has 1 unspecified atom stereocenters. The summed E-state index contributed by atoms with van der Waals surface area (Å²) in [6, 6.07) is -0.979. The van der Waals surface area contributed by atoms with Gasteiger partial charge in [0.1, 0.15) is 6.04 Å². The van der Waals surface area contributed by atoms with Crippen LogP contribution in [-0.2, 0) is 9.59 Å². The van der Waals surface area contributed by atoms with Crippen LogP contribution in [0.4, 0.5) is 0 Å². The summed E-state index contributed by atoms with van der Waals surface area (Å²) in [7, 11) is 0. The summed E-state index contributed by atoms with van der Waals surface area (Å²) in [5.41, 5.74) is 9.81. The molecule has 0 fully saturated rings. The van der Waals surface area contributed by atoms with Crippen molar-refractivity contribution in [3.63, 3.8) is 0 Å². The Balaban J connectivity index is 0. The van der Waals surface area contributed by atoms with Gasteiger partial charge in [-0.1, -0.05) is 0 Å². The molecule has 6 nitrogen and oxygen atoms in total. The maximum Gasteiger partial charge on any atom is 0.320 e. The average Bonchev–Trinajstić information content (AvgIpc) is 2.40. The van der Waals surface area contributed by atoms with E-state index in [1.54, 1.807) is 0 Å². The molecule has 0 bridgehead atoms. The SMILES string of the molecule is CC[N+](CC)(CC)CC.NC(=O)CCC(N)C(=O)O. The van der Waals surface area contributed by atoms with Gasteiger partial charge in [0.2, 0.25) is 5.91 Å². The van der Waals surface area contributed by atoms with Crippen molar-refractivity contribution in [2.75, 3.05) is 26.2 Å². The molecule has 114 valence electrons. The molecule has 5 N–H and O–H groups in total. The van der Waals surface area contributed by atoms with E-state index in [4.69, 9.17) is 16.6 Å². The number of quaternary nitrogens is 1. The van der Waals surface area contributed by atoms with Gasteiger partial charge < -0.3 is 21.1 Å². The summed E-state index contributed by atoms with van der Waals surface area (Å²) in [5.74, 6) is -1.64. The van der Waals surface area contributed by atoms with Crippen LogP contribution in [0.3, 0.4) is 0 Å². The number of hydrogen-bond acceptors (Lipinski definition) is 3. The number of carboxylic acid groups (broad SMARTS) is 1. The summed E-state index contributed by atoms with van der Waals surface area (Å²) in [5, 5.41) is 8.22. The van der Waals surface area contributed by atoms with Crippen LogP contribution in [0.5, 0.6) is 0 Å². The van der Waals surface area contributed by atoms with Crippen LogP contribution in [-0.4, -0.2) is 53.7 Å². The number of aliphatic carboxylic acids is 1. The van der Waals surface area contributed by atoms with Gasteiger partial charge in [-0.15, -0.1) is 0 Å². The minimum atomic E-state index is -1.11. The van der Waals surface area contributed by atoms with E-state index in [-0.39, 0.29) is 12.8 Å². The van der Waals surface area contributed by atoms with Gasteiger partial charge in [-0.3, -0.25) is 9.59 Å². The third-order valence-corrected chi connectivity index (χ3v) is 3.70. The molecule has 0 radical (unpaired) electrons. The second-order valence-electron chi connectivity index (χ2n) is 4.56. The zero-order valence-corrected chi connectivity index (χ0v) is 12.7. The van der Waals surface area contributed by atoms with Crippen LogP contribution in [0.2, 0.25) is 0 Å².